The quantitative estimate of drug-likeness (QED) is 0.926. The first-order valence-corrected chi connectivity index (χ1v) is 6.72. The lowest BCUT2D eigenvalue weighted by Crippen LogP contribution is -2.11. The number of nitrogens with zero attached hydrogens (tertiary/aromatic N) is 1. The highest BCUT2D eigenvalue weighted by molar-refractivity contribution is 9.10. The van der Waals surface area contributed by atoms with Crippen molar-refractivity contribution in [2.45, 2.75) is 26.2 Å². The summed E-state index contributed by atoms with van der Waals surface area (Å²) >= 11 is 3.20. The first-order chi connectivity index (χ1) is 8.56. The minimum absolute atomic E-state index is 0.185. The Bertz CT molecular complexity index is 659. The van der Waals surface area contributed by atoms with Gasteiger partial charge in [0, 0.05) is 5.92 Å². The summed E-state index contributed by atoms with van der Waals surface area (Å²) in [4.78, 5) is 18.7. The SMILES string of the molecule is Cc1nc(-c2ccc(C3CC3C)o2)[nH]c(=O)c1Br. The monoisotopic (exact) mass is 308 g/mol. The molecule has 0 spiro atoms. The van der Waals surface area contributed by atoms with Gasteiger partial charge in [0.2, 0.25) is 0 Å². The van der Waals surface area contributed by atoms with Gasteiger partial charge in [0.1, 0.15) is 10.2 Å². The molecule has 94 valence electrons. The van der Waals surface area contributed by atoms with Crippen LogP contribution in [0.3, 0.4) is 0 Å². The molecule has 1 N–H and O–H groups in total. The predicted molar refractivity (Wildman–Crippen MR) is 71.5 cm³/mol. The third-order valence-electron chi connectivity index (χ3n) is 3.36. The van der Waals surface area contributed by atoms with E-state index < -0.39 is 0 Å². The third kappa shape index (κ3) is 1.92. The largest absolute Gasteiger partial charge is 0.458 e. The van der Waals surface area contributed by atoms with E-state index in [0.29, 0.717) is 33.6 Å². The van der Waals surface area contributed by atoms with E-state index in [1.807, 2.05) is 12.1 Å². The van der Waals surface area contributed by atoms with E-state index in [1.54, 1.807) is 6.92 Å². The molecule has 0 aromatic carbocycles. The fourth-order valence-corrected chi connectivity index (χ4v) is 2.27. The molecule has 5 heteroatoms. The van der Waals surface area contributed by atoms with Crippen LogP contribution in [0, 0.1) is 12.8 Å². The van der Waals surface area contributed by atoms with Crippen molar-refractivity contribution in [3.63, 3.8) is 0 Å². The normalized spacial score (nSPS) is 22.2. The summed E-state index contributed by atoms with van der Waals surface area (Å²) in [5.41, 5.74) is 0.474. The Balaban J connectivity index is 2.00. The maximum absolute atomic E-state index is 11.7. The number of nitrogens with one attached hydrogen (secondary N) is 1. The second-order valence-electron chi connectivity index (χ2n) is 4.84. The Morgan fingerprint density at radius 3 is 2.83 bits per heavy atom. The number of halogens is 1. The summed E-state index contributed by atoms with van der Waals surface area (Å²) in [7, 11) is 0. The van der Waals surface area contributed by atoms with Crippen molar-refractivity contribution in [1.29, 1.82) is 0 Å². The van der Waals surface area contributed by atoms with Crippen LogP contribution >= 0.6 is 15.9 Å². The minimum Gasteiger partial charge on any atom is -0.458 e. The van der Waals surface area contributed by atoms with Gasteiger partial charge in [-0.15, -0.1) is 0 Å². The number of H-pyrrole nitrogens is 1. The summed E-state index contributed by atoms with van der Waals surface area (Å²) in [5, 5.41) is 0. The van der Waals surface area contributed by atoms with Gasteiger partial charge in [-0.05, 0) is 47.3 Å². The molecule has 0 radical (unpaired) electrons. The molecule has 2 unspecified atom stereocenters. The van der Waals surface area contributed by atoms with Crippen molar-refractivity contribution in [2.75, 3.05) is 0 Å². The minimum atomic E-state index is -0.185. The summed E-state index contributed by atoms with van der Waals surface area (Å²) in [6, 6.07) is 3.84. The molecule has 0 saturated heterocycles. The summed E-state index contributed by atoms with van der Waals surface area (Å²) < 4.78 is 6.23. The van der Waals surface area contributed by atoms with Gasteiger partial charge in [0.05, 0.1) is 5.69 Å². The zero-order valence-electron chi connectivity index (χ0n) is 10.2. The number of hydrogen-bond donors (Lipinski definition) is 1. The molecule has 0 bridgehead atoms. The fourth-order valence-electron chi connectivity index (χ4n) is 2.09. The van der Waals surface area contributed by atoms with Gasteiger partial charge in [-0.3, -0.25) is 4.79 Å². The lowest BCUT2D eigenvalue weighted by molar-refractivity contribution is 0.514. The van der Waals surface area contributed by atoms with E-state index in [9.17, 15) is 4.79 Å². The van der Waals surface area contributed by atoms with Gasteiger partial charge in [-0.2, -0.15) is 0 Å². The molecule has 4 nitrogen and oxygen atoms in total. The van der Waals surface area contributed by atoms with Crippen molar-refractivity contribution in [3.05, 3.63) is 38.4 Å². The van der Waals surface area contributed by atoms with Gasteiger partial charge < -0.3 is 9.40 Å². The maximum atomic E-state index is 11.7. The highest BCUT2D eigenvalue weighted by Crippen LogP contribution is 2.47. The fraction of sp³-hybridized carbons (Fsp3) is 0.385. The van der Waals surface area contributed by atoms with Crippen molar-refractivity contribution < 1.29 is 4.42 Å². The van der Waals surface area contributed by atoms with Gasteiger partial charge in [-0.1, -0.05) is 6.92 Å². The summed E-state index contributed by atoms with van der Waals surface area (Å²) in [6.45, 7) is 3.99. The lowest BCUT2D eigenvalue weighted by Gasteiger charge is -2.00. The van der Waals surface area contributed by atoms with Crippen molar-refractivity contribution in [3.8, 4) is 11.6 Å². The van der Waals surface area contributed by atoms with Crippen LogP contribution in [0.15, 0.2) is 25.8 Å². The zero-order valence-corrected chi connectivity index (χ0v) is 11.7. The molecule has 3 rings (SSSR count). The summed E-state index contributed by atoms with van der Waals surface area (Å²) in [6.07, 6.45) is 1.18. The van der Waals surface area contributed by atoms with Crippen LogP contribution in [0.25, 0.3) is 11.6 Å². The van der Waals surface area contributed by atoms with E-state index in [-0.39, 0.29) is 5.56 Å². The van der Waals surface area contributed by atoms with Crippen molar-refractivity contribution >= 4 is 15.9 Å². The molecule has 0 amide bonds. The smallest absolute Gasteiger partial charge is 0.265 e. The molecule has 2 aromatic heterocycles. The second kappa shape index (κ2) is 4.09. The van der Waals surface area contributed by atoms with Gasteiger partial charge >= 0.3 is 0 Å². The Kier molecular flexibility index (Phi) is 2.66. The molecule has 0 aliphatic heterocycles. The molecular weight excluding hydrogens is 296 g/mol. The van der Waals surface area contributed by atoms with Crippen LogP contribution in [0.5, 0.6) is 0 Å². The predicted octanol–water partition coefficient (Wildman–Crippen LogP) is 3.22. The average molecular weight is 309 g/mol. The Morgan fingerprint density at radius 1 is 1.50 bits per heavy atom. The molecule has 2 atom stereocenters. The number of rotatable bonds is 2. The van der Waals surface area contributed by atoms with Crippen LogP contribution in [0.4, 0.5) is 0 Å². The molecule has 1 saturated carbocycles. The molecule has 1 aliphatic rings. The first kappa shape index (κ1) is 11.7. The first-order valence-electron chi connectivity index (χ1n) is 5.93. The van der Waals surface area contributed by atoms with Crippen LogP contribution in [-0.4, -0.2) is 9.97 Å². The molecule has 1 fully saturated rings. The van der Waals surface area contributed by atoms with E-state index in [0.717, 1.165) is 5.76 Å². The molecular formula is C13H13BrN2O2. The number of aryl methyl sites for hydroxylation is 1. The molecule has 18 heavy (non-hydrogen) atoms. The van der Waals surface area contributed by atoms with E-state index in [1.165, 1.54) is 6.42 Å². The van der Waals surface area contributed by atoms with Crippen LogP contribution in [0.2, 0.25) is 0 Å². The molecule has 2 heterocycles. The van der Waals surface area contributed by atoms with Gasteiger partial charge in [-0.25, -0.2) is 4.98 Å². The Hall–Kier alpha value is -1.36. The summed E-state index contributed by atoms with van der Waals surface area (Å²) in [5.74, 6) is 3.32. The highest BCUT2D eigenvalue weighted by Gasteiger charge is 2.36. The topological polar surface area (TPSA) is 58.9 Å². The molecule has 2 aromatic rings. The van der Waals surface area contributed by atoms with E-state index >= 15 is 0 Å². The molecule has 1 aliphatic carbocycles. The lowest BCUT2D eigenvalue weighted by atomic mass is 10.3. The van der Waals surface area contributed by atoms with Crippen molar-refractivity contribution in [2.24, 2.45) is 5.92 Å². The van der Waals surface area contributed by atoms with Crippen LogP contribution in [-0.2, 0) is 0 Å². The van der Waals surface area contributed by atoms with E-state index in [2.05, 4.69) is 32.8 Å². The number of aromatic nitrogens is 2. The maximum Gasteiger partial charge on any atom is 0.265 e. The third-order valence-corrected chi connectivity index (χ3v) is 4.30. The Morgan fingerprint density at radius 2 is 2.22 bits per heavy atom. The number of furan rings is 1. The number of hydrogen-bond acceptors (Lipinski definition) is 3. The van der Waals surface area contributed by atoms with Crippen LogP contribution in [0.1, 0.15) is 30.7 Å². The zero-order chi connectivity index (χ0) is 12.9. The van der Waals surface area contributed by atoms with Gasteiger partial charge in [0.15, 0.2) is 11.6 Å². The van der Waals surface area contributed by atoms with E-state index in [4.69, 9.17) is 4.42 Å². The number of aromatic amines is 1. The Labute approximate surface area is 113 Å². The van der Waals surface area contributed by atoms with Crippen LogP contribution < -0.4 is 5.56 Å². The average Bonchev–Trinajstić information content (AvgIpc) is 2.89. The van der Waals surface area contributed by atoms with Gasteiger partial charge in [0.25, 0.3) is 5.56 Å². The van der Waals surface area contributed by atoms with Crippen molar-refractivity contribution in [1.82, 2.24) is 9.97 Å². The highest BCUT2D eigenvalue weighted by atomic mass is 79.9. The standard InChI is InChI=1S/C13H13BrN2O2/c1-6-5-8(6)9-3-4-10(18-9)12-15-7(2)11(14)13(17)16-12/h3-4,6,8H,5H2,1-2H3,(H,15,16,17). The second-order valence-corrected chi connectivity index (χ2v) is 5.63.